The first kappa shape index (κ1) is 20.5. The number of hydrogen-bond donors (Lipinski definition) is 2. The molecule has 0 heterocycles. The van der Waals surface area contributed by atoms with Crippen molar-refractivity contribution in [3.8, 4) is 0 Å². The largest absolute Gasteiger partial charge is 0.356 e. The van der Waals surface area contributed by atoms with Crippen molar-refractivity contribution in [1.82, 2.24) is 15.5 Å². The van der Waals surface area contributed by atoms with Crippen molar-refractivity contribution < 1.29 is 4.79 Å². The van der Waals surface area contributed by atoms with E-state index in [9.17, 15) is 4.79 Å². The molecule has 0 aliphatic rings. The van der Waals surface area contributed by atoms with E-state index in [1.807, 2.05) is 43.4 Å². The fraction of sp³-hybridized carbons (Fsp3) is 0.364. The average molecular weight is 367 g/mol. The van der Waals surface area contributed by atoms with Gasteiger partial charge < -0.3 is 15.5 Å². The smallest absolute Gasteiger partial charge is 0.224 e. The van der Waals surface area contributed by atoms with Gasteiger partial charge in [0, 0.05) is 40.2 Å². The van der Waals surface area contributed by atoms with Crippen molar-refractivity contribution in [3.05, 3.63) is 71.8 Å². The highest BCUT2D eigenvalue weighted by Crippen LogP contribution is 2.04. The zero-order valence-corrected chi connectivity index (χ0v) is 16.3. The molecule has 2 aromatic carbocycles. The molecule has 0 unspecified atom stereocenters. The lowest BCUT2D eigenvalue weighted by molar-refractivity contribution is -0.130. The van der Waals surface area contributed by atoms with Gasteiger partial charge in [-0.2, -0.15) is 0 Å². The molecule has 1 amide bonds. The highest BCUT2D eigenvalue weighted by atomic mass is 16.2. The number of nitrogens with zero attached hydrogens (tertiary/aromatic N) is 2. The van der Waals surface area contributed by atoms with Gasteiger partial charge in [-0.3, -0.25) is 9.79 Å². The van der Waals surface area contributed by atoms with Crippen molar-refractivity contribution in [2.45, 2.75) is 25.8 Å². The Morgan fingerprint density at radius 3 is 2.15 bits per heavy atom. The van der Waals surface area contributed by atoms with Crippen LogP contribution in [0.15, 0.2) is 65.7 Å². The Morgan fingerprint density at radius 2 is 1.52 bits per heavy atom. The first-order chi connectivity index (χ1) is 13.2. The van der Waals surface area contributed by atoms with E-state index < -0.39 is 0 Å². The van der Waals surface area contributed by atoms with E-state index in [1.54, 1.807) is 11.9 Å². The lowest BCUT2D eigenvalue weighted by atomic mass is 10.1. The predicted octanol–water partition coefficient (Wildman–Crippen LogP) is 2.83. The summed E-state index contributed by atoms with van der Waals surface area (Å²) in [6, 6.07) is 20.5. The summed E-state index contributed by atoms with van der Waals surface area (Å²) < 4.78 is 0. The van der Waals surface area contributed by atoms with Crippen LogP contribution >= 0.6 is 0 Å². The van der Waals surface area contributed by atoms with Gasteiger partial charge in [0.1, 0.15) is 0 Å². The molecule has 2 N–H and O–H groups in total. The first-order valence-electron chi connectivity index (χ1n) is 9.45. The summed E-state index contributed by atoms with van der Waals surface area (Å²) in [6.45, 7) is 2.04. The van der Waals surface area contributed by atoms with Gasteiger partial charge in [-0.15, -0.1) is 0 Å². The van der Waals surface area contributed by atoms with E-state index in [2.05, 4.69) is 39.9 Å². The SMILES string of the molecule is CN=C(NCCCc1ccccc1)NCCC(=O)N(C)Cc1ccccc1. The standard InChI is InChI=1S/C22H30N4O/c1-23-22(24-16-9-14-19-10-5-3-6-11-19)25-17-15-21(27)26(2)18-20-12-7-4-8-13-20/h3-8,10-13H,9,14-18H2,1-2H3,(H2,23,24,25). The van der Waals surface area contributed by atoms with Crippen molar-refractivity contribution >= 4 is 11.9 Å². The fourth-order valence-corrected chi connectivity index (χ4v) is 2.79. The molecule has 2 rings (SSSR count). The zero-order valence-electron chi connectivity index (χ0n) is 16.3. The lowest BCUT2D eigenvalue weighted by Gasteiger charge is -2.18. The average Bonchev–Trinajstić information content (AvgIpc) is 2.71. The van der Waals surface area contributed by atoms with Crippen molar-refractivity contribution in [3.63, 3.8) is 0 Å². The minimum Gasteiger partial charge on any atom is -0.356 e. The van der Waals surface area contributed by atoms with E-state index in [-0.39, 0.29) is 5.91 Å². The topological polar surface area (TPSA) is 56.7 Å². The fourth-order valence-electron chi connectivity index (χ4n) is 2.79. The van der Waals surface area contributed by atoms with Gasteiger partial charge in [0.05, 0.1) is 0 Å². The van der Waals surface area contributed by atoms with Crippen LogP contribution < -0.4 is 10.6 Å². The van der Waals surface area contributed by atoms with Gasteiger partial charge in [-0.05, 0) is 24.0 Å². The molecular formula is C22H30N4O. The number of amides is 1. The van der Waals surface area contributed by atoms with Crippen LogP contribution in [0.1, 0.15) is 24.0 Å². The van der Waals surface area contributed by atoms with Gasteiger partial charge in [-0.1, -0.05) is 60.7 Å². The van der Waals surface area contributed by atoms with Crippen LogP contribution in [-0.2, 0) is 17.8 Å². The molecule has 144 valence electrons. The quantitative estimate of drug-likeness (QED) is 0.408. The Labute approximate surface area is 162 Å². The van der Waals surface area contributed by atoms with Crippen LogP contribution in [0.3, 0.4) is 0 Å². The maximum absolute atomic E-state index is 12.3. The number of aryl methyl sites for hydroxylation is 1. The van der Waals surface area contributed by atoms with Gasteiger partial charge in [0.15, 0.2) is 5.96 Å². The second-order valence-corrected chi connectivity index (χ2v) is 6.50. The molecule has 0 fully saturated rings. The number of carbonyl (C=O) groups is 1. The van der Waals surface area contributed by atoms with Crippen LogP contribution in [0.25, 0.3) is 0 Å². The van der Waals surface area contributed by atoms with Crippen LogP contribution in [-0.4, -0.2) is 44.0 Å². The second-order valence-electron chi connectivity index (χ2n) is 6.50. The van der Waals surface area contributed by atoms with Gasteiger partial charge in [-0.25, -0.2) is 0 Å². The van der Waals surface area contributed by atoms with Crippen molar-refractivity contribution in [2.24, 2.45) is 4.99 Å². The van der Waals surface area contributed by atoms with Crippen molar-refractivity contribution in [2.75, 3.05) is 27.2 Å². The molecule has 2 aromatic rings. The number of rotatable bonds is 9. The normalized spacial score (nSPS) is 11.1. The summed E-state index contributed by atoms with van der Waals surface area (Å²) >= 11 is 0. The van der Waals surface area contributed by atoms with Crippen LogP contribution in [0.4, 0.5) is 0 Å². The number of benzene rings is 2. The molecule has 0 aromatic heterocycles. The lowest BCUT2D eigenvalue weighted by Crippen LogP contribution is -2.40. The number of hydrogen-bond acceptors (Lipinski definition) is 2. The first-order valence-corrected chi connectivity index (χ1v) is 9.45. The third kappa shape index (κ3) is 7.94. The summed E-state index contributed by atoms with van der Waals surface area (Å²) in [6.07, 6.45) is 2.51. The van der Waals surface area contributed by atoms with Crippen LogP contribution in [0.5, 0.6) is 0 Å². The highest BCUT2D eigenvalue weighted by molar-refractivity contribution is 5.81. The summed E-state index contributed by atoms with van der Waals surface area (Å²) in [5.74, 6) is 0.854. The van der Waals surface area contributed by atoms with Crippen LogP contribution in [0.2, 0.25) is 0 Å². The second kappa shape index (κ2) is 11.7. The molecule has 5 heteroatoms. The predicted molar refractivity (Wildman–Crippen MR) is 112 cm³/mol. The summed E-state index contributed by atoms with van der Waals surface area (Å²) in [5.41, 5.74) is 2.48. The van der Waals surface area contributed by atoms with E-state index in [1.165, 1.54) is 5.56 Å². The van der Waals surface area contributed by atoms with E-state index in [0.717, 1.165) is 30.9 Å². The Hall–Kier alpha value is -2.82. The third-order valence-corrected chi connectivity index (χ3v) is 4.32. The van der Waals surface area contributed by atoms with E-state index in [0.29, 0.717) is 19.5 Å². The molecule has 5 nitrogen and oxygen atoms in total. The summed E-state index contributed by atoms with van der Waals surface area (Å²) in [7, 11) is 3.59. The molecule has 0 radical (unpaired) electrons. The van der Waals surface area contributed by atoms with E-state index in [4.69, 9.17) is 0 Å². The zero-order chi connectivity index (χ0) is 19.3. The molecule has 0 spiro atoms. The third-order valence-electron chi connectivity index (χ3n) is 4.32. The number of guanidine groups is 1. The minimum atomic E-state index is 0.117. The number of nitrogens with one attached hydrogen (secondary N) is 2. The Bertz CT molecular complexity index is 701. The molecule has 0 aliphatic heterocycles. The molecular weight excluding hydrogens is 336 g/mol. The molecule has 0 bridgehead atoms. The molecule has 0 saturated carbocycles. The monoisotopic (exact) mass is 366 g/mol. The maximum atomic E-state index is 12.3. The minimum absolute atomic E-state index is 0.117. The molecule has 0 atom stereocenters. The Morgan fingerprint density at radius 1 is 0.926 bits per heavy atom. The summed E-state index contributed by atoms with van der Waals surface area (Å²) in [4.78, 5) is 18.2. The molecule has 0 aliphatic carbocycles. The molecule has 0 saturated heterocycles. The summed E-state index contributed by atoms with van der Waals surface area (Å²) in [5, 5.41) is 6.51. The Balaban J connectivity index is 1.61. The van der Waals surface area contributed by atoms with Gasteiger partial charge in [0.2, 0.25) is 5.91 Å². The number of aliphatic imine (C=N–C) groups is 1. The van der Waals surface area contributed by atoms with Crippen molar-refractivity contribution in [1.29, 1.82) is 0 Å². The number of carbonyl (C=O) groups excluding carboxylic acids is 1. The Kier molecular flexibility index (Phi) is 8.90. The maximum Gasteiger partial charge on any atom is 0.224 e. The highest BCUT2D eigenvalue weighted by Gasteiger charge is 2.09. The van der Waals surface area contributed by atoms with Gasteiger partial charge >= 0.3 is 0 Å². The van der Waals surface area contributed by atoms with E-state index >= 15 is 0 Å². The molecule has 27 heavy (non-hydrogen) atoms. The van der Waals surface area contributed by atoms with Gasteiger partial charge in [0.25, 0.3) is 0 Å². The van der Waals surface area contributed by atoms with Crippen LogP contribution in [0, 0.1) is 0 Å².